The first-order chi connectivity index (χ1) is 13.3. The van der Waals surface area contributed by atoms with Gasteiger partial charge in [-0.15, -0.1) is 0 Å². The molecule has 0 radical (unpaired) electrons. The molecule has 1 aromatic rings. The fourth-order valence-electron chi connectivity index (χ4n) is 4.12. The normalized spacial score (nSPS) is 16.0. The Morgan fingerprint density at radius 2 is 1.68 bits per heavy atom. The Kier molecular flexibility index (Phi) is 5.92. The number of anilines is 1. The summed E-state index contributed by atoms with van der Waals surface area (Å²) in [5, 5.41) is 0. The number of carbonyl (C=O) groups is 3. The van der Waals surface area contributed by atoms with Gasteiger partial charge < -0.3 is 4.90 Å². The predicted octanol–water partition coefficient (Wildman–Crippen LogP) is 4.58. The third kappa shape index (κ3) is 3.71. The fourth-order valence-corrected chi connectivity index (χ4v) is 4.12. The van der Waals surface area contributed by atoms with Crippen molar-refractivity contribution in [2.45, 2.75) is 72.6 Å². The van der Waals surface area contributed by atoms with Gasteiger partial charge in [0.2, 0.25) is 5.91 Å². The molecule has 0 saturated carbocycles. The maximum Gasteiger partial charge on any atom is 0.263 e. The number of benzene rings is 1. The highest BCUT2D eigenvalue weighted by Crippen LogP contribution is 2.40. The number of unbranched alkanes of at least 4 members (excludes halogenated alkanes) is 5. The number of imide groups is 1. The minimum atomic E-state index is -0.534. The van der Waals surface area contributed by atoms with Gasteiger partial charge in [-0.1, -0.05) is 65.9 Å². The molecule has 0 aliphatic carbocycles. The van der Waals surface area contributed by atoms with Crippen LogP contribution < -0.4 is 4.90 Å². The van der Waals surface area contributed by atoms with E-state index in [9.17, 15) is 14.4 Å². The van der Waals surface area contributed by atoms with E-state index in [0.29, 0.717) is 29.9 Å². The van der Waals surface area contributed by atoms with E-state index in [2.05, 4.69) is 6.92 Å². The minimum absolute atomic E-state index is 0.00530. The standard InChI is InChI=1S/C23H32N2O3/c1-5-6-7-8-9-10-14-25-20(26)17-12-11-16-13-15-24(22(28)23(2,3)4)19(16)18(17)21(25)27/h11-12H,5-10,13-15H2,1-4H3. The second-order valence-electron chi connectivity index (χ2n) is 8.98. The predicted molar refractivity (Wildman–Crippen MR) is 111 cm³/mol. The molecule has 0 aromatic heterocycles. The Morgan fingerprint density at radius 1 is 1.00 bits per heavy atom. The number of fused-ring (bicyclic) bond motifs is 3. The molecular formula is C23H32N2O3. The number of carbonyl (C=O) groups excluding carboxylic acids is 3. The van der Waals surface area contributed by atoms with Crippen LogP contribution >= 0.6 is 0 Å². The van der Waals surface area contributed by atoms with Gasteiger partial charge in [0, 0.05) is 18.5 Å². The molecule has 0 fully saturated rings. The third-order valence-corrected chi connectivity index (χ3v) is 5.69. The Balaban J connectivity index is 1.79. The summed E-state index contributed by atoms with van der Waals surface area (Å²) < 4.78 is 0. The van der Waals surface area contributed by atoms with Crippen LogP contribution in [0.4, 0.5) is 5.69 Å². The van der Waals surface area contributed by atoms with Gasteiger partial charge in [0.25, 0.3) is 11.8 Å². The van der Waals surface area contributed by atoms with Crippen LogP contribution in [0, 0.1) is 5.41 Å². The molecule has 2 aliphatic heterocycles. The first kappa shape index (κ1) is 20.6. The van der Waals surface area contributed by atoms with Gasteiger partial charge >= 0.3 is 0 Å². The number of hydrogen-bond acceptors (Lipinski definition) is 3. The molecule has 2 aliphatic rings. The maximum absolute atomic E-state index is 13.1. The van der Waals surface area contributed by atoms with Crippen LogP contribution in [-0.2, 0) is 11.2 Å². The quantitative estimate of drug-likeness (QED) is 0.511. The first-order valence-corrected chi connectivity index (χ1v) is 10.6. The molecule has 5 nitrogen and oxygen atoms in total. The van der Waals surface area contributed by atoms with E-state index in [4.69, 9.17) is 0 Å². The molecule has 3 amide bonds. The summed E-state index contributed by atoms with van der Waals surface area (Å²) in [6.07, 6.45) is 7.37. The van der Waals surface area contributed by atoms with Crippen LogP contribution in [0.25, 0.3) is 0 Å². The Hall–Kier alpha value is -2.17. The van der Waals surface area contributed by atoms with Gasteiger partial charge in [-0.25, -0.2) is 0 Å². The van der Waals surface area contributed by atoms with Crippen LogP contribution in [0.3, 0.4) is 0 Å². The van der Waals surface area contributed by atoms with Crippen molar-refractivity contribution < 1.29 is 14.4 Å². The number of hydrogen-bond donors (Lipinski definition) is 0. The van der Waals surface area contributed by atoms with Crippen LogP contribution in [0.2, 0.25) is 0 Å². The average molecular weight is 385 g/mol. The molecule has 28 heavy (non-hydrogen) atoms. The summed E-state index contributed by atoms with van der Waals surface area (Å²) in [4.78, 5) is 42.0. The molecular weight excluding hydrogens is 352 g/mol. The van der Waals surface area contributed by atoms with Crippen LogP contribution in [-0.4, -0.2) is 35.7 Å². The lowest BCUT2D eigenvalue weighted by molar-refractivity contribution is -0.125. The molecule has 0 unspecified atom stereocenters. The minimum Gasteiger partial charge on any atom is -0.311 e. The highest BCUT2D eigenvalue weighted by Gasteiger charge is 2.43. The van der Waals surface area contributed by atoms with E-state index in [-0.39, 0.29) is 17.7 Å². The van der Waals surface area contributed by atoms with Crippen molar-refractivity contribution in [2.75, 3.05) is 18.0 Å². The second-order valence-corrected chi connectivity index (χ2v) is 8.98. The Morgan fingerprint density at radius 3 is 2.36 bits per heavy atom. The smallest absolute Gasteiger partial charge is 0.263 e. The van der Waals surface area contributed by atoms with Gasteiger partial charge in [-0.05, 0) is 24.5 Å². The second kappa shape index (κ2) is 8.06. The van der Waals surface area contributed by atoms with Gasteiger partial charge in [-0.2, -0.15) is 0 Å². The molecule has 1 aromatic carbocycles. The van der Waals surface area contributed by atoms with Crippen molar-refractivity contribution >= 4 is 23.4 Å². The molecule has 0 N–H and O–H groups in total. The van der Waals surface area contributed by atoms with Crippen molar-refractivity contribution in [1.29, 1.82) is 0 Å². The van der Waals surface area contributed by atoms with Gasteiger partial charge in [0.1, 0.15) is 0 Å². The largest absolute Gasteiger partial charge is 0.311 e. The van der Waals surface area contributed by atoms with Crippen LogP contribution in [0.15, 0.2) is 12.1 Å². The molecule has 0 spiro atoms. The summed E-state index contributed by atoms with van der Waals surface area (Å²) >= 11 is 0. The number of nitrogens with zero attached hydrogens (tertiary/aromatic N) is 2. The third-order valence-electron chi connectivity index (χ3n) is 5.69. The lowest BCUT2D eigenvalue weighted by Gasteiger charge is -2.27. The number of amides is 3. The van der Waals surface area contributed by atoms with Crippen molar-refractivity contribution in [2.24, 2.45) is 5.41 Å². The average Bonchev–Trinajstić information content (AvgIpc) is 3.17. The molecule has 2 heterocycles. The topological polar surface area (TPSA) is 57.7 Å². The lowest BCUT2D eigenvalue weighted by Crippen LogP contribution is -2.39. The Bertz CT molecular complexity index is 792. The van der Waals surface area contributed by atoms with Gasteiger partial charge in [0.15, 0.2) is 0 Å². The van der Waals surface area contributed by atoms with E-state index in [0.717, 1.165) is 31.2 Å². The molecule has 0 saturated heterocycles. The van der Waals surface area contributed by atoms with Crippen molar-refractivity contribution in [3.8, 4) is 0 Å². The summed E-state index contributed by atoms with van der Waals surface area (Å²) in [5.41, 5.74) is 2.00. The summed E-state index contributed by atoms with van der Waals surface area (Å²) in [6, 6.07) is 3.67. The van der Waals surface area contributed by atoms with E-state index in [1.54, 1.807) is 11.0 Å². The maximum atomic E-state index is 13.1. The van der Waals surface area contributed by atoms with Crippen molar-refractivity contribution in [3.63, 3.8) is 0 Å². The van der Waals surface area contributed by atoms with E-state index < -0.39 is 5.41 Å². The van der Waals surface area contributed by atoms with Gasteiger partial charge in [0.05, 0.1) is 16.8 Å². The van der Waals surface area contributed by atoms with Crippen molar-refractivity contribution in [3.05, 3.63) is 28.8 Å². The summed E-state index contributed by atoms with van der Waals surface area (Å²) in [6.45, 7) is 8.86. The number of rotatable bonds is 7. The monoisotopic (exact) mass is 384 g/mol. The molecule has 152 valence electrons. The highest BCUT2D eigenvalue weighted by atomic mass is 16.2. The Labute approximate surface area is 168 Å². The van der Waals surface area contributed by atoms with E-state index in [1.807, 2.05) is 26.8 Å². The molecule has 3 rings (SSSR count). The fraction of sp³-hybridized carbons (Fsp3) is 0.609. The van der Waals surface area contributed by atoms with Crippen LogP contribution in [0.1, 0.15) is 92.5 Å². The highest BCUT2D eigenvalue weighted by molar-refractivity contribution is 6.25. The zero-order valence-electron chi connectivity index (χ0n) is 17.6. The summed E-state index contributed by atoms with van der Waals surface area (Å²) in [7, 11) is 0. The molecule has 0 bridgehead atoms. The van der Waals surface area contributed by atoms with E-state index in [1.165, 1.54) is 24.2 Å². The van der Waals surface area contributed by atoms with Gasteiger partial charge in [-0.3, -0.25) is 19.3 Å². The zero-order valence-corrected chi connectivity index (χ0v) is 17.6. The molecule has 0 atom stereocenters. The first-order valence-electron chi connectivity index (χ1n) is 10.6. The van der Waals surface area contributed by atoms with Crippen molar-refractivity contribution in [1.82, 2.24) is 4.90 Å². The van der Waals surface area contributed by atoms with E-state index >= 15 is 0 Å². The SMILES string of the molecule is CCCCCCCCN1C(=O)c2ccc3c(c2C1=O)N(C(=O)C(C)(C)C)CC3. The van der Waals surface area contributed by atoms with Crippen LogP contribution in [0.5, 0.6) is 0 Å². The summed E-state index contributed by atoms with van der Waals surface area (Å²) in [5.74, 6) is -0.459. The molecule has 5 heteroatoms. The lowest BCUT2D eigenvalue weighted by atomic mass is 9.94. The zero-order chi connectivity index (χ0) is 20.5.